The van der Waals surface area contributed by atoms with E-state index in [1.165, 1.54) is 0 Å². The predicted octanol–water partition coefficient (Wildman–Crippen LogP) is 4.16. The average Bonchev–Trinajstić information content (AvgIpc) is 2.93. The van der Waals surface area contributed by atoms with Gasteiger partial charge >= 0.3 is 7.60 Å². The molecular formula is C18H23O4P. The van der Waals surface area contributed by atoms with Gasteiger partial charge in [-0.2, -0.15) is 0 Å². The minimum Gasteiger partial charge on any atom is -0.308 e. The Balaban J connectivity index is 2.62. The molecule has 1 fully saturated rings. The number of ketones is 1. The van der Waals surface area contributed by atoms with Crippen molar-refractivity contribution in [2.75, 3.05) is 13.2 Å². The molecule has 0 amide bonds. The van der Waals surface area contributed by atoms with Crippen LogP contribution in [-0.4, -0.2) is 24.2 Å². The Morgan fingerprint density at radius 2 is 1.87 bits per heavy atom. The Labute approximate surface area is 138 Å². The third-order valence-electron chi connectivity index (χ3n) is 4.31. The first-order valence-corrected chi connectivity index (χ1v) is 9.53. The van der Waals surface area contributed by atoms with E-state index in [9.17, 15) is 9.36 Å². The first kappa shape index (κ1) is 17.9. The quantitative estimate of drug-likeness (QED) is 0.555. The predicted molar refractivity (Wildman–Crippen MR) is 90.5 cm³/mol. The fraction of sp³-hybridized carbons (Fsp3) is 0.500. The smallest absolute Gasteiger partial charge is 0.308 e. The first-order chi connectivity index (χ1) is 11.1. The number of hydrogen-bond acceptors (Lipinski definition) is 4. The van der Waals surface area contributed by atoms with Gasteiger partial charge in [0, 0.05) is 6.42 Å². The lowest BCUT2D eigenvalue weighted by Gasteiger charge is -2.38. The summed E-state index contributed by atoms with van der Waals surface area (Å²) in [5.74, 6) is 1.96. The Hall–Kier alpha value is -1.40. The molecule has 0 N–H and O–H groups in total. The topological polar surface area (TPSA) is 52.6 Å². The molecule has 0 radical (unpaired) electrons. The molecule has 5 heteroatoms. The molecule has 1 aromatic carbocycles. The van der Waals surface area contributed by atoms with Crippen LogP contribution in [-0.2, 0) is 18.4 Å². The lowest BCUT2D eigenvalue weighted by atomic mass is 9.84. The molecule has 1 aromatic rings. The molecule has 124 valence electrons. The monoisotopic (exact) mass is 334 g/mol. The highest BCUT2D eigenvalue weighted by Gasteiger charge is 2.62. The zero-order chi connectivity index (χ0) is 16.9. The third-order valence-corrected chi connectivity index (χ3v) is 7.21. The van der Waals surface area contributed by atoms with Crippen molar-refractivity contribution in [3.8, 4) is 12.3 Å². The molecule has 0 saturated heterocycles. The molecule has 0 spiro atoms. The molecule has 1 aliphatic rings. The van der Waals surface area contributed by atoms with Crippen LogP contribution in [0.1, 0.15) is 44.6 Å². The van der Waals surface area contributed by atoms with Gasteiger partial charge in [0.2, 0.25) is 0 Å². The zero-order valence-electron chi connectivity index (χ0n) is 13.7. The van der Waals surface area contributed by atoms with E-state index in [2.05, 4.69) is 5.92 Å². The molecule has 2 atom stereocenters. The second kappa shape index (κ2) is 7.45. The highest BCUT2D eigenvalue weighted by atomic mass is 31.2. The molecule has 0 bridgehead atoms. The minimum atomic E-state index is -3.68. The van der Waals surface area contributed by atoms with Crippen molar-refractivity contribution in [1.29, 1.82) is 0 Å². The van der Waals surface area contributed by atoms with Gasteiger partial charge in [-0.25, -0.2) is 0 Å². The van der Waals surface area contributed by atoms with Crippen molar-refractivity contribution in [3.63, 3.8) is 0 Å². The van der Waals surface area contributed by atoms with Gasteiger partial charge < -0.3 is 9.05 Å². The van der Waals surface area contributed by atoms with Crippen LogP contribution in [0.15, 0.2) is 30.3 Å². The maximum absolute atomic E-state index is 13.6. The molecule has 0 aliphatic heterocycles. The maximum Gasteiger partial charge on any atom is 0.345 e. The van der Waals surface area contributed by atoms with Gasteiger partial charge in [0.05, 0.1) is 19.1 Å². The Bertz CT molecular complexity index is 624. The molecule has 0 unspecified atom stereocenters. The highest BCUT2D eigenvalue weighted by molar-refractivity contribution is 7.57. The van der Waals surface area contributed by atoms with E-state index >= 15 is 0 Å². The van der Waals surface area contributed by atoms with E-state index < -0.39 is 18.7 Å². The van der Waals surface area contributed by atoms with Gasteiger partial charge in [0.25, 0.3) is 0 Å². The van der Waals surface area contributed by atoms with E-state index in [1.807, 2.05) is 30.3 Å². The van der Waals surface area contributed by atoms with E-state index in [0.717, 1.165) is 5.56 Å². The minimum absolute atomic E-state index is 0.116. The van der Waals surface area contributed by atoms with Crippen LogP contribution < -0.4 is 0 Å². The maximum atomic E-state index is 13.6. The number of terminal acetylenes is 1. The average molecular weight is 334 g/mol. The van der Waals surface area contributed by atoms with Gasteiger partial charge in [-0.3, -0.25) is 9.36 Å². The van der Waals surface area contributed by atoms with E-state index in [4.69, 9.17) is 15.5 Å². The third kappa shape index (κ3) is 3.02. The molecule has 0 aromatic heterocycles. The summed E-state index contributed by atoms with van der Waals surface area (Å²) < 4.78 is 24.7. The lowest BCUT2D eigenvalue weighted by Crippen LogP contribution is -2.41. The van der Waals surface area contributed by atoms with Crippen molar-refractivity contribution < 1.29 is 18.4 Å². The molecule has 23 heavy (non-hydrogen) atoms. The summed E-state index contributed by atoms with van der Waals surface area (Å²) in [5, 5.41) is -1.28. The Morgan fingerprint density at radius 3 is 2.30 bits per heavy atom. The van der Waals surface area contributed by atoms with Crippen molar-refractivity contribution in [3.05, 3.63) is 35.9 Å². The van der Waals surface area contributed by atoms with Crippen LogP contribution >= 0.6 is 7.60 Å². The van der Waals surface area contributed by atoms with Crippen molar-refractivity contribution in [2.45, 2.75) is 44.2 Å². The molecule has 1 aliphatic carbocycles. The summed E-state index contributed by atoms with van der Waals surface area (Å²) in [6.45, 7) is 3.90. The molecule has 1 saturated carbocycles. The van der Waals surface area contributed by atoms with Crippen LogP contribution in [0.4, 0.5) is 0 Å². The van der Waals surface area contributed by atoms with Crippen LogP contribution in [0.25, 0.3) is 0 Å². The lowest BCUT2D eigenvalue weighted by molar-refractivity contribution is -0.120. The van der Waals surface area contributed by atoms with Gasteiger partial charge in [-0.1, -0.05) is 36.3 Å². The van der Waals surface area contributed by atoms with Crippen LogP contribution in [0.3, 0.4) is 0 Å². The molecule has 4 nitrogen and oxygen atoms in total. The van der Waals surface area contributed by atoms with E-state index in [0.29, 0.717) is 19.3 Å². The Morgan fingerprint density at radius 1 is 1.26 bits per heavy atom. The summed E-state index contributed by atoms with van der Waals surface area (Å²) in [4.78, 5) is 12.8. The largest absolute Gasteiger partial charge is 0.345 e. The molecular weight excluding hydrogens is 311 g/mol. The van der Waals surface area contributed by atoms with Gasteiger partial charge in [-0.15, -0.1) is 6.42 Å². The SMILES string of the molecule is C#C[C@H](c1ccccc1)[C@@]1(P(=O)(OCC)OCC)CCCC1=O. The first-order valence-electron chi connectivity index (χ1n) is 7.99. The zero-order valence-corrected chi connectivity index (χ0v) is 14.6. The summed E-state index contributed by atoms with van der Waals surface area (Å²) in [6.07, 6.45) is 7.21. The fourth-order valence-electron chi connectivity index (χ4n) is 3.39. The highest BCUT2D eigenvalue weighted by Crippen LogP contribution is 2.69. The van der Waals surface area contributed by atoms with Crippen molar-refractivity contribution in [1.82, 2.24) is 0 Å². The van der Waals surface area contributed by atoms with Crippen molar-refractivity contribution in [2.24, 2.45) is 0 Å². The molecule has 2 rings (SSSR count). The number of rotatable bonds is 7. The van der Waals surface area contributed by atoms with Gasteiger partial charge in [-0.05, 0) is 32.3 Å². The summed E-state index contributed by atoms with van der Waals surface area (Å²) in [7, 11) is -3.68. The second-order valence-corrected chi connectivity index (χ2v) is 7.85. The second-order valence-electron chi connectivity index (χ2n) is 5.54. The van der Waals surface area contributed by atoms with Crippen LogP contribution in [0.2, 0.25) is 0 Å². The normalized spacial score (nSPS) is 22.7. The van der Waals surface area contributed by atoms with Crippen LogP contribution in [0.5, 0.6) is 0 Å². The summed E-state index contributed by atoms with van der Waals surface area (Å²) >= 11 is 0. The summed E-state index contributed by atoms with van der Waals surface area (Å²) in [5.41, 5.74) is 0.796. The van der Waals surface area contributed by atoms with E-state index in [1.54, 1.807) is 13.8 Å². The fourth-order valence-corrected chi connectivity index (χ4v) is 5.99. The number of hydrogen-bond donors (Lipinski definition) is 0. The number of Topliss-reactive ketones (excluding diaryl/α,β-unsaturated/α-hetero) is 1. The standard InChI is InChI=1S/C18H23O4P/c1-4-16(15-11-8-7-9-12-15)18(14-10-13-17(18)19)23(20,21-5-2)22-6-3/h1,7-9,11-12,16H,5-6,10,13-14H2,2-3H3/t16-,18+/m1/s1. The number of carbonyl (C=O) groups excluding carboxylic acids is 1. The van der Waals surface area contributed by atoms with Gasteiger partial charge in [0.1, 0.15) is 5.16 Å². The summed E-state index contributed by atoms with van der Waals surface area (Å²) in [6, 6.07) is 9.32. The van der Waals surface area contributed by atoms with Gasteiger partial charge in [0.15, 0.2) is 5.78 Å². The van der Waals surface area contributed by atoms with Crippen molar-refractivity contribution >= 4 is 13.4 Å². The number of carbonyl (C=O) groups is 1. The molecule has 0 heterocycles. The Kier molecular flexibility index (Phi) is 5.81. The van der Waals surface area contributed by atoms with E-state index in [-0.39, 0.29) is 19.0 Å². The van der Waals surface area contributed by atoms with Crippen LogP contribution in [0, 0.1) is 12.3 Å². The number of benzene rings is 1.